The zero-order valence-corrected chi connectivity index (χ0v) is 11.1. The van der Waals surface area contributed by atoms with Gasteiger partial charge in [0.15, 0.2) is 5.82 Å². The van der Waals surface area contributed by atoms with Crippen LogP contribution in [0.4, 0.5) is 17.2 Å². The third-order valence-electron chi connectivity index (χ3n) is 2.97. The van der Waals surface area contributed by atoms with Crippen molar-refractivity contribution in [1.29, 1.82) is 0 Å². The lowest BCUT2D eigenvalue weighted by Crippen LogP contribution is -2.35. The van der Waals surface area contributed by atoms with Crippen LogP contribution in [0.25, 0.3) is 0 Å². The second-order valence-corrected chi connectivity index (χ2v) is 4.87. The highest BCUT2D eigenvalue weighted by molar-refractivity contribution is 6.30. The Morgan fingerprint density at radius 3 is 2.95 bits per heavy atom. The van der Waals surface area contributed by atoms with Crippen LogP contribution in [0.2, 0.25) is 5.02 Å². The highest BCUT2D eigenvalue weighted by atomic mass is 35.5. The molecule has 0 aliphatic carbocycles. The summed E-state index contributed by atoms with van der Waals surface area (Å²) in [5, 5.41) is 3.46. The highest BCUT2D eigenvalue weighted by Crippen LogP contribution is 2.34. The molecule has 3 rings (SSSR count). The standard InChI is InChI=1S/C14H12ClN3O/c1-9-5-6-12-14(16-9)18(8-13(19)17-12)11-4-2-3-10(15)7-11/h2-7H,8H2,1H3,(H,17,19). The molecule has 2 aromatic rings. The molecule has 2 heterocycles. The fraction of sp³-hybridized carbons (Fsp3) is 0.143. The Bertz CT molecular complexity index is 657. The van der Waals surface area contributed by atoms with Crippen LogP contribution < -0.4 is 10.2 Å². The summed E-state index contributed by atoms with van der Waals surface area (Å²) in [6.07, 6.45) is 0. The number of amides is 1. The Morgan fingerprint density at radius 1 is 1.32 bits per heavy atom. The van der Waals surface area contributed by atoms with Gasteiger partial charge in [0.05, 0.1) is 5.69 Å². The number of nitrogens with one attached hydrogen (secondary N) is 1. The van der Waals surface area contributed by atoms with Gasteiger partial charge in [-0.3, -0.25) is 4.79 Å². The smallest absolute Gasteiger partial charge is 0.244 e. The van der Waals surface area contributed by atoms with Crippen molar-refractivity contribution in [2.45, 2.75) is 6.92 Å². The van der Waals surface area contributed by atoms with Crippen molar-refractivity contribution in [2.75, 3.05) is 16.8 Å². The van der Waals surface area contributed by atoms with Gasteiger partial charge in [0, 0.05) is 16.4 Å². The van der Waals surface area contributed by atoms with Crippen molar-refractivity contribution in [1.82, 2.24) is 4.98 Å². The van der Waals surface area contributed by atoms with Gasteiger partial charge in [0.2, 0.25) is 5.91 Å². The van der Waals surface area contributed by atoms with Crippen LogP contribution in [0.3, 0.4) is 0 Å². The second kappa shape index (κ2) is 4.55. The summed E-state index contributed by atoms with van der Waals surface area (Å²) in [6, 6.07) is 11.2. The quantitative estimate of drug-likeness (QED) is 0.868. The van der Waals surface area contributed by atoms with E-state index in [1.807, 2.05) is 42.2 Å². The fourth-order valence-electron chi connectivity index (χ4n) is 2.11. The maximum Gasteiger partial charge on any atom is 0.244 e. The van der Waals surface area contributed by atoms with Crippen LogP contribution in [0.5, 0.6) is 0 Å². The minimum atomic E-state index is -0.0573. The summed E-state index contributed by atoms with van der Waals surface area (Å²) in [6.45, 7) is 2.16. The van der Waals surface area contributed by atoms with E-state index in [0.29, 0.717) is 5.02 Å². The molecule has 0 saturated heterocycles. The lowest BCUT2D eigenvalue weighted by atomic mass is 10.2. The molecule has 1 aliphatic rings. The Hall–Kier alpha value is -2.07. The van der Waals surface area contributed by atoms with Crippen LogP contribution in [-0.2, 0) is 4.79 Å². The van der Waals surface area contributed by atoms with E-state index >= 15 is 0 Å². The number of aromatic nitrogens is 1. The van der Waals surface area contributed by atoms with Gasteiger partial charge in [-0.05, 0) is 37.3 Å². The van der Waals surface area contributed by atoms with Crippen LogP contribution >= 0.6 is 11.6 Å². The van der Waals surface area contributed by atoms with E-state index in [0.717, 1.165) is 22.9 Å². The first-order chi connectivity index (χ1) is 9.13. The molecular weight excluding hydrogens is 262 g/mol. The molecule has 0 radical (unpaired) electrons. The largest absolute Gasteiger partial charge is 0.321 e. The van der Waals surface area contributed by atoms with Crippen molar-refractivity contribution < 1.29 is 4.79 Å². The summed E-state index contributed by atoms with van der Waals surface area (Å²) in [5.74, 6) is 0.694. The number of hydrogen-bond acceptors (Lipinski definition) is 3. The Balaban J connectivity index is 2.12. The molecule has 0 bridgehead atoms. The normalized spacial score (nSPS) is 14.0. The molecule has 1 aliphatic heterocycles. The average molecular weight is 274 g/mol. The SMILES string of the molecule is Cc1ccc2c(n1)N(c1cccc(Cl)c1)CC(=O)N2. The van der Waals surface area contributed by atoms with E-state index in [1.54, 1.807) is 6.07 Å². The first-order valence-corrected chi connectivity index (χ1v) is 6.32. The lowest BCUT2D eigenvalue weighted by Gasteiger charge is -2.30. The van der Waals surface area contributed by atoms with Gasteiger partial charge in [-0.15, -0.1) is 0 Å². The predicted molar refractivity (Wildman–Crippen MR) is 76.1 cm³/mol. The Kier molecular flexibility index (Phi) is 2.87. The number of carbonyl (C=O) groups excluding carboxylic acids is 1. The highest BCUT2D eigenvalue weighted by Gasteiger charge is 2.24. The topological polar surface area (TPSA) is 45.2 Å². The molecule has 96 valence electrons. The van der Waals surface area contributed by atoms with Crippen LogP contribution in [-0.4, -0.2) is 17.4 Å². The van der Waals surface area contributed by atoms with E-state index in [2.05, 4.69) is 10.3 Å². The number of rotatable bonds is 1. The molecule has 0 unspecified atom stereocenters. The van der Waals surface area contributed by atoms with Gasteiger partial charge in [-0.2, -0.15) is 0 Å². The van der Waals surface area contributed by atoms with Crippen LogP contribution in [0.1, 0.15) is 5.69 Å². The van der Waals surface area contributed by atoms with E-state index in [1.165, 1.54) is 0 Å². The minimum Gasteiger partial charge on any atom is -0.321 e. The van der Waals surface area contributed by atoms with Gasteiger partial charge in [-0.1, -0.05) is 17.7 Å². The number of halogens is 1. The lowest BCUT2D eigenvalue weighted by molar-refractivity contribution is -0.115. The maximum absolute atomic E-state index is 11.8. The number of fused-ring (bicyclic) bond motifs is 1. The molecule has 5 heteroatoms. The maximum atomic E-state index is 11.8. The summed E-state index contributed by atoms with van der Waals surface area (Å²) in [4.78, 5) is 18.1. The molecule has 1 N–H and O–H groups in total. The first kappa shape index (κ1) is 12.0. The van der Waals surface area contributed by atoms with Crippen molar-refractivity contribution in [2.24, 2.45) is 0 Å². The number of hydrogen-bond donors (Lipinski definition) is 1. The molecule has 0 spiro atoms. The van der Waals surface area contributed by atoms with Gasteiger partial charge in [0.1, 0.15) is 6.54 Å². The number of anilines is 3. The Labute approximate surface area is 116 Å². The van der Waals surface area contributed by atoms with Crippen molar-refractivity contribution in [3.05, 3.63) is 47.1 Å². The van der Waals surface area contributed by atoms with Crippen molar-refractivity contribution >= 4 is 34.7 Å². The zero-order chi connectivity index (χ0) is 13.4. The molecule has 1 amide bonds. The number of benzene rings is 1. The van der Waals surface area contributed by atoms with Crippen LogP contribution in [0, 0.1) is 6.92 Å². The number of aryl methyl sites for hydroxylation is 1. The van der Waals surface area contributed by atoms with E-state index in [4.69, 9.17) is 11.6 Å². The number of pyridine rings is 1. The third-order valence-corrected chi connectivity index (χ3v) is 3.20. The predicted octanol–water partition coefficient (Wildman–Crippen LogP) is 3.13. The third kappa shape index (κ3) is 2.27. The molecule has 0 fully saturated rings. The van der Waals surface area contributed by atoms with Crippen LogP contribution in [0.15, 0.2) is 36.4 Å². The van der Waals surface area contributed by atoms with Gasteiger partial charge in [0.25, 0.3) is 0 Å². The average Bonchev–Trinajstić information content (AvgIpc) is 2.38. The first-order valence-electron chi connectivity index (χ1n) is 5.94. The summed E-state index contributed by atoms with van der Waals surface area (Å²) < 4.78 is 0. The van der Waals surface area contributed by atoms with Gasteiger partial charge < -0.3 is 10.2 Å². The van der Waals surface area contributed by atoms with Gasteiger partial charge >= 0.3 is 0 Å². The van der Waals surface area contributed by atoms with Gasteiger partial charge in [-0.25, -0.2) is 4.98 Å². The molecule has 19 heavy (non-hydrogen) atoms. The molecule has 1 aromatic carbocycles. The molecule has 1 aromatic heterocycles. The summed E-state index contributed by atoms with van der Waals surface area (Å²) in [5.41, 5.74) is 2.49. The fourth-order valence-corrected chi connectivity index (χ4v) is 2.30. The minimum absolute atomic E-state index is 0.0573. The van der Waals surface area contributed by atoms with E-state index in [9.17, 15) is 4.79 Å². The molecular formula is C14H12ClN3O. The van der Waals surface area contributed by atoms with E-state index in [-0.39, 0.29) is 12.5 Å². The van der Waals surface area contributed by atoms with E-state index < -0.39 is 0 Å². The number of nitrogens with zero attached hydrogens (tertiary/aromatic N) is 2. The molecule has 4 nitrogen and oxygen atoms in total. The zero-order valence-electron chi connectivity index (χ0n) is 10.4. The monoisotopic (exact) mass is 273 g/mol. The summed E-state index contributed by atoms with van der Waals surface area (Å²) in [7, 11) is 0. The van der Waals surface area contributed by atoms with Crippen molar-refractivity contribution in [3.8, 4) is 0 Å². The summed E-state index contributed by atoms with van der Waals surface area (Å²) >= 11 is 6.01. The van der Waals surface area contributed by atoms with Crippen molar-refractivity contribution in [3.63, 3.8) is 0 Å². The Morgan fingerprint density at radius 2 is 2.16 bits per heavy atom. The molecule has 0 saturated carbocycles. The molecule has 0 atom stereocenters. The second-order valence-electron chi connectivity index (χ2n) is 4.44. The number of carbonyl (C=O) groups is 1.